The second-order valence-corrected chi connectivity index (χ2v) is 5.47. The maximum Gasteiger partial charge on any atom is 0.433 e. The summed E-state index contributed by atoms with van der Waals surface area (Å²) in [5.41, 5.74) is -0.203. The van der Waals surface area contributed by atoms with Gasteiger partial charge in [0.05, 0.1) is 0 Å². The molecule has 0 amide bonds. The van der Waals surface area contributed by atoms with Crippen LogP contribution >= 0.6 is 0 Å². The van der Waals surface area contributed by atoms with E-state index in [1.807, 2.05) is 4.90 Å². The van der Waals surface area contributed by atoms with Crippen molar-refractivity contribution in [3.05, 3.63) is 23.4 Å². The summed E-state index contributed by atoms with van der Waals surface area (Å²) in [6.07, 6.45) is -0.708. The Kier molecular flexibility index (Phi) is 5.26. The van der Waals surface area contributed by atoms with Gasteiger partial charge in [0.15, 0.2) is 0 Å². The number of hydrogen-bond donors (Lipinski definition) is 1. The lowest BCUT2D eigenvalue weighted by Crippen LogP contribution is -2.31. The highest BCUT2D eigenvalue weighted by atomic mass is 19.4. The number of carboxylic acids is 1. The third-order valence-electron chi connectivity index (χ3n) is 3.74. The minimum absolute atomic E-state index is 0.000459. The van der Waals surface area contributed by atoms with E-state index in [2.05, 4.69) is 4.98 Å². The van der Waals surface area contributed by atoms with Gasteiger partial charge >= 0.3 is 12.1 Å². The maximum atomic E-state index is 12.9. The van der Waals surface area contributed by atoms with Gasteiger partial charge in [0.1, 0.15) is 11.5 Å². The molecule has 0 radical (unpaired) electrons. The summed E-state index contributed by atoms with van der Waals surface area (Å²) in [5, 5.41) is 8.69. The molecule has 1 aliphatic heterocycles. The quantitative estimate of drug-likeness (QED) is 0.903. The molecule has 22 heavy (non-hydrogen) atoms. The van der Waals surface area contributed by atoms with Crippen molar-refractivity contribution < 1.29 is 23.1 Å². The molecular formula is C15H19F3N2O2. The summed E-state index contributed by atoms with van der Waals surface area (Å²) >= 11 is 0. The molecule has 4 nitrogen and oxygen atoms in total. The van der Waals surface area contributed by atoms with Crippen molar-refractivity contribution in [2.24, 2.45) is 0 Å². The van der Waals surface area contributed by atoms with Crippen LogP contribution in [0.3, 0.4) is 0 Å². The number of pyridine rings is 1. The first kappa shape index (κ1) is 16.6. The molecule has 0 spiro atoms. The number of aromatic nitrogens is 1. The van der Waals surface area contributed by atoms with E-state index in [0.29, 0.717) is 37.3 Å². The minimum Gasteiger partial charge on any atom is -0.481 e. The lowest BCUT2D eigenvalue weighted by Gasteiger charge is -2.30. The number of carboxylic acid groups (broad SMARTS) is 1. The van der Waals surface area contributed by atoms with Crippen LogP contribution in [-0.2, 0) is 17.4 Å². The summed E-state index contributed by atoms with van der Waals surface area (Å²) in [4.78, 5) is 16.3. The molecule has 7 heteroatoms. The third kappa shape index (κ3) is 4.35. The van der Waals surface area contributed by atoms with Crippen LogP contribution in [-0.4, -0.2) is 29.1 Å². The van der Waals surface area contributed by atoms with E-state index in [0.717, 1.165) is 25.3 Å². The largest absolute Gasteiger partial charge is 0.481 e. The Hall–Kier alpha value is -1.79. The molecule has 2 rings (SSSR count). The highest BCUT2D eigenvalue weighted by Gasteiger charge is 2.33. The monoisotopic (exact) mass is 316 g/mol. The Morgan fingerprint density at radius 2 is 1.91 bits per heavy atom. The normalized spacial score (nSPS) is 15.9. The molecule has 1 N–H and O–H groups in total. The second-order valence-electron chi connectivity index (χ2n) is 5.47. The summed E-state index contributed by atoms with van der Waals surface area (Å²) < 4.78 is 38.6. The molecule has 0 unspecified atom stereocenters. The zero-order chi connectivity index (χ0) is 16.2. The van der Waals surface area contributed by atoms with E-state index in [4.69, 9.17) is 5.11 Å². The summed E-state index contributed by atoms with van der Waals surface area (Å²) in [7, 11) is 0. The van der Waals surface area contributed by atoms with Crippen molar-refractivity contribution in [2.45, 2.75) is 44.7 Å². The summed E-state index contributed by atoms with van der Waals surface area (Å²) in [6.45, 7) is 1.39. The van der Waals surface area contributed by atoms with Gasteiger partial charge in [-0.05, 0) is 43.7 Å². The van der Waals surface area contributed by atoms with Gasteiger partial charge in [0.2, 0.25) is 0 Å². The van der Waals surface area contributed by atoms with Crippen LogP contribution in [0, 0.1) is 0 Å². The van der Waals surface area contributed by atoms with E-state index in [1.54, 1.807) is 0 Å². The van der Waals surface area contributed by atoms with Crippen LogP contribution in [0.4, 0.5) is 19.0 Å². The fourth-order valence-electron chi connectivity index (χ4n) is 2.64. The number of rotatable bonds is 5. The number of piperidine rings is 1. The van der Waals surface area contributed by atoms with Crippen LogP contribution in [0.2, 0.25) is 0 Å². The highest BCUT2D eigenvalue weighted by Crippen LogP contribution is 2.32. The Balaban J connectivity index is 2.24. The predicted molar refractivity (Wildman–Crippen MR) is 75.9 cm³/mol. The number of hydrogen-bond acceptors (Lipinski definition) is 3. The first-order valence-corrected chi connectivity index (χ1v) is 7.42. The van der Waals surface area contributed by atoms with E-state index in [9.17, 15) is 18.0 Å². The number of aryl methyl sites for hydroxylation is 1. The fraction of sp³-hybridized carbons (Fsp3) is 0.600. The molecule has 1 aromatic rings. The fourth-order valence-corrected chi connectivity index (χ4v) is 2.64. The van der Waals surface area contributed by atoms with E-state index >= 15 is 0 Å². The molecule has 1 saturated heterocycles. The summed E-state index contributed by atoms with van der Waals surface area (Å²) in [6, 6.07) is 2.41. The van der Waals surface area contributed by atoms with Crippen molar-refractivity contribution in [3.63, 3.8) is 0 Å². The average Bonchev–Trinajstić information content (AvgIpc) is 2.47. The molecule has 0 saturated carbocycles. The van der Waals surface area contributed by atoms with Crippen LogP contribution in [0.5, 0.6) is 0 Å². The Morgan fingerprint density at radius 3 is 2.50 bits per heavy atom. The lowest BCUT2D eigenvalue weighted by atomic mass is 10.1. The van der Waals surface area contributed by atoms with E-state index < -0.39 is 17.8 Å². The third-order valence-corrected chi connectivity index (χ3v) is 3.74. The SMILES string of the molecule is O=C(O)CCCc1ccc(C(F)(F)F)nc1N1CCCCC1. The first-order chi connectivity index (χ1) is 10.4. The molecule has 1 aromatic heterocycles. The molecule has 0 aliphatic carbocycles. The number of aliphatic carboxylic acids is 1. The van der Waals surface area contributed by atoms with Crippen LogP contribution in [0.25, 0.3) is 0 Å². The lowest BCUT2D eigenvalue weighted by molar-refractivity contribution is -0.141. The predicted octanol–water partition coefficient (Wildman–Crippen LogP) is 3.50. The van der Waals surface area contributed by atoms with Crippen LogP contribution in [0.1, 0.15) is 43.4 Å². The average molecular weight is 316 g/mol. The van der Waals surface area contributed by atoms with E-state index in [-0.39, 0.29) is 6.42 Å². The summed E-state index contributed by atoms with van der Waals surface area (Å²) in [5.74, 6) is -0.542. The van der Waals surface area contributed by atoms with Gasteiger partial charge in [-0.25, -0.2) is 4.98 Å². The Morgan fingerprint density at radius 1 is 1.23 bits per heavy atom. The highest BCUT2D eigenvalue weighted by molar-refractivity contribution is 5.66. The molecule has 122 valence electrons. The number of alkyl halides is 3. The van der Waals surface area contributed by atoms with Crippen molar-refractivity contribution >= 4 is 11.8 Å². The minimum atomic E-state index is -4.47. The molecular weight excluding hydrogens is 297 g/mol. The van der Waals surface area contributed by atoms with Crippen LogP contribution in [0.15, 0.2) is 12.1 Å². The Labute approximate surface area is 127 Å². The van der Waals surface area contributed by atoms with Gasteiger partial charge in [0, 0.05) is 19.5 Å². The van der Waals surface area contributed by atoms with Crippen LogP contribution < -0.4 is 4.90 Å². The molecule has 2 heterocycles. The Bertz CT molecular complexity index is 526. The second kappa shape index (κ2) is 6.98. The molecule has 1 aliphatic rings. The zero-order valence-corrected chi connectivity index (χ0v) is 12.2. The number of halogens is 3. The van der Waals surface area contributed by atoms with Gasteiger partial charge in [-0.1, -0.05) is 6.07 Å². The topological polar surface area (TPSA) is 53.4 Å². The maximum absolute atomic E-state index is 12.9. The van der Waals surface area contributed by atoms with Crippen molar-refractivity contribution in [2.75, 3.05) is 18.0 Å². The van der Waals surface area contributed by atoms with Crippen molar-refractivity contribution in [3.8, 4) is 0 Å². The first-order valence-electron chi connectivity index (χ1n) is 7.42. The smallest absolute Gasteiger partial charge is 0.433 e. The molecule has 0 atom stereocenters. The van der Waals surface area contributed by atoms with Crippen molar-refractivity contribution in [1.29, 1.82) is 0 Å². The molecule has 1 fully saturated rings. The van der Waals surface area contributed by atoms with Gasteiger partial charge in [-0.3, -0.25) is 4.79 Å². The van der Waals surface area contributed by atoms with E-state index in [1.165, 1.54) is 6.07 Å². The van der Waals surface area contributed by atoms with Gasteiger partial charge < -0.3 is 10.0 Å². The van der Waals surface area contributed by atoms with Crippen molar-refractivity contribution in [1.82, 2.24) is 4.98 Å². The molecule has 0 bridgehead atoms. The number of nitrogens with zero attached hydrogens (tertiary/aromatic N) is 2. The zero-order valence-electron chi connectivity index (χ0n) is 12.2. The van der Waals surface area contributed by atoms with Gasteiger partial charge in [-0.15, -0.1) is 0 Å². The standard InChI is InChI=1S/C15H19F3N2O2/c16-15(17,18)12-8-7-11(5-4-6-13(21)22)14(19-12)20-9-2-1-3-10-20/h7-8H,1-6,9-10H2,(H,21,22). The van der Waals surface area contributed by atoms with Gasteiger partial charge in [0.25, 0.3) is 0 Å². The number of anilines is 1. The van der Waals surface area contributed by atoms with Gasteiger partial charge in [-0.2, -0.15) is 13.2 Å². The molecule has 0 aromatic carbocycles. The number of carbonyl (C=O) groups is 1.